The number of benzene rings is 2. The smallest absolute Gasteiger partial charge is 0.348 e. The number of aryl methyl sites for hydroxylation is 2. The molecule has 2 aliphatic rings. The molecule has 6 nitrogen and oxygen atoms in total. The number of fused-ring (bicyclic) bond motifs is 2. The van der Waals surface area contributed by atoms with Crippen molar-refractivity contribution in [2.75, 3.05) is 18.0 Å². The summed E-state index contributed by atoms with van der Waals surface area (Å²) in [6.07, 6.45) is 1.92. The van der Waals surface area contributed by atoms with Crippen molar-refractivity contribution in [3.05, 3.63) is 53.6 Å². The summed E-state index contributed by atoms with van der Waals surface area (Å²) >= 11 is 0. The Labute approximate surface area is 152 Å². The van der Waals surface area contributed by atoms with Gasteiger partial charge in [-0.3, -0.25) is 4.31 Å². The first-order valence-electron chi connectivity index (χ1n) is 8.49. The molecule has 0 radical (unpaired) electrons. The van der Waals surface area contributed by atoms with Gasteiger partial charge < -0.3 is 9.47 Å². The average molecular weight is 373 g/mol. The zero-order valence-corrected chi connectivity index (χ0v) is 15.2. The molecular weight excluding hydrogens is 354 g/mol. The van der Waals surface area contributed by atoms with Gasteiger partial charge >= 0.3 is 5.97 Å². The number of rotatable bonds is 3. The molecule has 0 N–H and O–H groups in total. The van der Waals surface area contributed by atoms with E-state index < -0.39 is 22.1 Å². The normalized spacial score (nSPS) is 18.7. The van der Waals surface area contributed by atoms with Crippen LogP contribution in [0.3, 0.4) is 0 Å². The fraction of sp³-hybridized carbons (Fsp3) is 0.316. The van der Waals surface area contributed by atoms with Crippen LogP contribution in [-0.4, -0.2) is 34.1 Å². The van der Waals surface area contributed by atoms with E-state index in [1.807, 2.05) is 6.07 Å². The Morgan fingerprint density at radius 3 is 2.73 bits per heavy atom. The second kappa shape index (κ2) is 6.32. The first kappa shape index (κ1) is 16.9. The maximum Gasteiger partial charge on any atom is 0.348 e. The first-order valence-corrected chi connectivity index (χ1v) is 9.93. The summed E-state index contributed by atoms with van der Waals surface area (Å²) in [7, 11) is -2.57. The molecule has 1 atom stereocenters. The summed E-state index contributed by atoms with van der Waals surface area (Å²) < 4.78 is 38.3. The molecule has 0 aromatic heterocycles. The van der Waals surface area contributed by atoms with Crippen LogP contribution in [-0.2, 0) is 32.4 Å². The van der Waals surface area contributed by atoms with Gasteiger partial charge in [-0.15, -0.1) is 0 Å². The molecule has 0 saturated carbocycles. The van der Waals surface area contributed by atoms with Gasteiger partial charge in [0.2, 0.25) is 6.10 Å². The maximum atomic E-state index is 13.3. The second-order valence-electron chi connectivity index (χ2n) is 6.42. The minimum atomic E-state index is -3.83. The Bertz CT molecular complexity index is 970. The molecule has 0 saturated heterocycles. The molecule has 0 unspecified atom stereocenters. The van der Waals surface area contributed by atoms with Crippen molar-refractivity contribution in [1.29, 1.82) is 0 Å². The fourth-order valence-electron chi connectivity index (χ4n) is 3.52. The van der Waals surface area contributed by atoms with Crippen LogP contribution in [0.1, 0.15) is 17.5 Å². The van der Waals surface area contributed by atoms with Gasteiger partial charge in [0, 0.05) is 0 Å². The van der Waals surface area contributed by atoms with Gasteiger partial charge in [0.15, 0.2) is 0 Å². The molecule has 1 heterocycles. The molecule has 7 heteroatoms. The molecule has 4 rings (SSSR count). The summed E-state index contributed by atoms with van der Waals surface area (Å²) in [5, 5.41) is 0. The van der Waals surface area contributed by atoms with Gasteiger partial charge in [-0.2, -0.15) is 0 Å². The number of para-hydroxylation sites is 2. The van der Waals surface area contributed by atoms with Crippen LogP contribution in [0.25, 0.3) is 0 Å². The molecule has 2 aromatic rings. The van der Waals surface area contributed by atoms with E-state index in [1.165, 1.54) is 17.0 Å². The minimum absolute atomic E-state index is 0.122. The lowest BCUT2D eigenvalue weighted by molar-refractivity contribution is -0.148. The van der Waals surface area contributed by atoms with Gasteiger partial charge in [0.25, 0.3) is 10.0 Å². The van der Waals surface area contributed by atoms with Crippen molar-refractivity contribution in [2.45, 2.75) is 30.3 Å². The maximum absolute atomic E-state index is 13.3. The number of hydrogen-bond acceptors (Lipinski definition) is 5. The predicted molar refractivity (Wildman–Crippen MR) is 95.9 cm³/mol. The summed E-state index contributed by atoms with van der Waals surface area (Å²) in [5.41, 5.74) is 2.71. The third-order valence-electron chi connectivity index (χ3n) is 4.86. The highest BCUT2D eigenvalue weighted by Crippen LogP contribution is 2.37. The number of sulfonamides is 1. The summed E-state index contributed by atoms with van der Waals surface area (Å²) in [6, 6.07) is 12.1. The Hall–Kier alpha value is -2.54. The van der Waals surface area contributed by atoms with Gasteiger partial charge in [-0.1, -0.05) is 18.2 Å². The third-order valence-corrected chi connectivity index (χ3v) is 6.63. The molecule has 2 aromatic carbocycles. The topological polar surface area (TPSA) is 72.9 Å². The monoisotopic (exact) mass is 373 g/mol. The van der Waals surface area contributed by atoms with Crippen LogP contribution in [0.4, 0.5) is 5.69 Å². The summed E-state index contributed by atoms with van der Waals surface area (Å²) in [6.45, 7) is -0.122. The van der Waals surface area contributed by atoms with E-state index in [4.69, 9.17) is 9.47 Å². The van der Waals surface area contributed by atoms with Gasteiger partial charge in [-0.25, -0.2) is 13.2 Å². The summed E-state index contributed by atoms with van der Waals surface area (Å²) in [5.74, 6) is -0.257. The van der Waals surface area contributed by atoms with Crippen molar-refractivity contribution < 1.29 is 22.7 Å². The van der Waals surface area contributed by atoms with E-state index in [1.54, 1.807) is 36.4 Å². The SMILES string of the molecule is COC(=O)[C@H]1CN(S(=O)(=O)c2ccc3c(c2)CCC3)c2ccccc2O1. The molecule has 0 bridgehead atoms. The average Bonchev–Trinajstić information content (AvgIpc) is 3.14. The molecule has 1 aliphatic heterocycles. The lowest BCUT2D eigenvalue weighted by Crippen LogP contribution is -2.47. The number of carbonyl (C=O) groups is 1. The Balaban J connectivity index is 1.78. The lowest BCUT2D eigenvalue weighted by Gasteiger charge is -2.34. The molecule has 0 fully saturated rings. The van der Waals surface area contributed by atoms with Crippen molar-refractivity contribution in [3.8, 4) is 5.75 Å². The number of methoxy groups -OCH3 is 1. The number of anilines is 1. The predicted octanol–water partition coefficient (Wildman–Crippen LogP) is 2.30. The van der Waals surface area contributed by atoms with E-state index in [2.05, 4.69) is 0 Å². The van der Waals surface area contributed by atoms with E-state index in [0.717, 1.165) is 24.8 Å². The summed E-state index contributed by atoms with van der Waals surface area (Å²) in [4.78, 5) is 12.2. The van der Waals surface area contributed by atoms with Gasteiger partial charge in [-0.05, 0) is 54.7 Å². The molecule has 0 spiro atoms. The highest BCUT2D eigenvalue weighted by Gasteiger charge is 2.38. The largest absolute Gasteiger partial charge is 0.475 e. The van der Waals surface area contributed by atoms with E-state index >= 15 is 0 Å². The van der Waals surface area contributed by atoms with Crippen molar-refractivity contribution in [1.82, 2.24) is 0 Å². The first-order chi connectivity index (χ1) is 12.5. The minimum Gasteiger partial charge on any atom is -0.475 e. The highest BCUT2D eigenvalue weighted by molar-refractivity contribution is 7.92. The number of nitrogens with zero attached hydrogens (tertiary/aromatic N) is 1. The Kier molecular flexibility index (Phi) is 4.11. The van der Waals surface area contributed by atoms with E-state index in [9.17, 15) is 13.2 Å². The van der Waals surface area contributed by atoms with Crippen LogP contribution >= 0.6 is 0 Å². The number of hydrogen-bond donors (Lipinski definition) is 0. The van der Waals surface area contributed by atoms with Crippen molar-refractivity contribution in [3.63, 3.8) is 0 Å². The van der Waals surface area contributed by atoms with Crippen LogP contribution in [0, 0.1) is 0 Å². The van der Waals surface area contributed by atoms with Crippen LogP contribution < -0.4 is 9.04 Å². The Morgan fingerprint density at radius 2 is 1.92 bits per heavy atom. The molecule has 1 aliphatic carbocycles. The second-order valence-corrected chi connectivity index (χ2v) is 8.28. The van der Waals surface area contributed by atoms with Crippen molar-refractivity contribution in [2.24, 2.45) is 0 Å². The quantitative estimate of drug-likeness (QED) is 0.772. The highest BCUT2D eigenvalue weighted by atomic mass is 32.2. The van der Waals surface area contributed by atoms with Crippen molar-refractivity contribution >= 4 is 21.7 Å². The van der Waals surface area contributed by atoms with Crippen LogP contribution in [0.5, 0.6) is 5.75 Å². The van der Waals surface area contributed by atoms with E-state index in [0.29, 0.717) is 11.4 Å². The van der Waals surface area contributed by atoms with Gasteiger partial charge in [0.05, 0.1) is 24.2 Å². The Morgan fingerprint density at radius 1 is 1.15 bits per heavy atom. The van der Waals surface area contributed by atoms with Crippen LogP contribution in [0.15, 0.2) is 47.4 Å². The number of esters is 1. The fourth-order valence-corrected chi connectivity index (χ4v) is 5.05. The number of carbonyl (C=O) groups excluding carboxylic acids is 1. The molecule has 136 valence electrons. The molecule has 0 amide bonds. The zero-order chi connectivity index (χ0) is 18.3. The van der Waals surface area contributed by atoms with Crippen LogP contribution in [0.2, 0.25) is 0 Å². The van der Waals surface area contributed by atoms with E-state index in [-0.39, 0.29) is 11.4 Å². The molecule has 26 heavy (non-hydrogen) atoms. The number of ether oxygens (including phenoxy) is 2. The lowest BCUT2D eigenvalue weighted by atomic mass is 10.1. The zero-order valence-electron chi connectivity index (χ0n) is 14.3. The third kappa shape index (κ3) is 2.72. The molecular formula is C19H19NO5S. The standard InChI is InChI=1S/C19H19NO5S/c1-24-19(21)18-12-20(16-7-2-3-8-17(16)25-18)26(22,23)15-10-9-13-5-4-6-14(13)11-15/h2-3,7-11,18H,4-6,12H2,1H3/t18-/m1/s1. The van der Waals surface area contributed by atoms with Gasteiger partial charge in [0.1, 0.15) is 5.75 Å².